The van der Waals surface area contributed by atoms with Crippen molar-refractivity contribution in [2.45, 2.75) is 25.9 Å². The molecular formula is C17H17N3O. The molecule has 0 amide bonds. The lowest BCUT2D eigenvalue weighted by molar-refractivity contribution is 0.178. The van der Waals surface area contributed by atoms with Gasteiger partial charge in [-0.15, -0.1) is 0 Å². The highest BCUT2D eigenvalue weighted by Crippen LogP contribution is 2.38. The fourth-order valence-electron chi connectivity index (χ4n) is 2.97. The third-order valence-electron chi connectivity index (χ3n) is 4.16. The van der Waals surface area contributed by atoms with Crippen molar-refractivity contribution in [2.24, 2.45) is 0 Å². The number of hydrogen-bond donors (Lipinski definition) is 1. The Labute approximate surface area is 123 Å². The van der Waals surface area contributed by atoms with Crippen molar-refractivity contribution in [3.05, 3.63) is 59.4 Å². The number of ether oxygens (including phenoxy) is 1. The molecule has 3 heterocycles. The van der Waals surface area contributed by atoms with Gasteiger partial charge in [-0.3, -0.25) is 4.40 Å². The Morgan fingerprint density at radius 1 is 1.24 bits per heavy atom. The molecule has 0 saturated carbocycles. The van der Waals surface area contributed by atoms with Crippen molar-refractivity contribution >= 4 is 11.5 Å². The summed E-state index contributed by atoms with van der Waals surface area (Å²) >= 11 is 0. The molecule has 0 saturated heterocycles. The van der Waals surface area contributed by atoms with E-state index in [4.69, 9.17) is 10.5 Å². The number of pyridine rings is 1. The van der Waals surface area contributed by atoms with Crippen LogP contribution in [0.1, 0.15) is 29.3 Å². The van der Waals surface area contributed by atoms with Crippen molar-refractivity contribution in [3.63, 3.8) is 0 Å². The molecule has 21 heavy (non-hydrogen) atoms. The lowest BCUT2D eigenvalue weighted by Crippen LogP contribution is -2.16. The number of imidazole rings is 1. The molecule has 106 valence electrons. The number of anilines is 1. The number of rotatable bonds is 1. The zero-order valence-electron chi connectivity index (χ0n) is 11.9. The molecule has 4 heteroatoms. The van der Waals surface area contributed by atoms with Gasteiger partial charge in [-0.2, -0.15) is 0 Å². The summed E-state index contributed by atoms with van der Waals surface area (Å²) in [4.78, 5) is 4.57. The van der Waals surface area contributed by atoms with E-state index >= 15 is 0 Å². The fourth-order valence-corrected chi connectivity index (χ4v) is 2.97. The molecule has 1 aromatic carbocycles. The molecule has 4 rings (SSSR count). The quantitative estimate of drug-likeness (QED) is 0.743. The van der Waals surface area contributed by atoms with E-state index in [1.807, 2.05) is 35.7 Å². The second-order valence-corrected chi connectivity index (χ2v) is 5.50. The maximum atomic E-state index is 6.26. The lowest BCUT2D eigenvalue weighted by Gasteiger charge is -2.26. The highest BCUT2D eigenvalue weighted by molar-refractivity contribution is 5.64. The Balaban J connectivity index is 1.82. The molecular weight excluding hydrogens is 262 g/mol. The monoisotopic (exact) mass is 279 g/mol. The van der Waals surface area contributed by atoms with Crippen molar-refractivity contribution in [2.75, 3.05) is 5.73 Å². The Bertz CT molecular complexity index is 808. The predicted molar refractivity (Wildman–Crippen MR) is 82.5 cm³/mol. The summed E-state index contributed by atoms with van der Waals surface area (Å²) in [6, 6.07) is 12.4. The van der Waals surface area contributed by atoms with E-state index in [1.165, 1.54) is 11.1 Å². The second kappa shape index (κ2) is 4.52. The van der Waals surface area contributed by atoms with Gasteiger partial charge >= 0.3 is 0 Å². The van der Waals surface area contributed by atoms with Crippen LogP contribution in [0.3, 0.4) is 0 Å². The Morgan fingerprint density at radius 2 is 2.05 bits per heavy atom. The SMILES string of the molecule is Cc1nc2c3c(ccn2c1N)CCC(c1ccccc1)O3. The molecule has 0 fully saturated rings. The van der Waals surface area contributed by atoms with Crippen LogP contribution in [0.15, 0.2) is 42.6 Å². The van der Waals surface area contributed by atoms with Crippen LogP contribution in [-0.4, -0.2) is 9.38 Å². The summed E-state index contributed by atoms with van der Waals surface area (Å²) < 4.78 is 8.17. The Hall–Kier alpha value is -2.49. The maximum absolute atomic E-state index is 6.26. The van der Waals surface area contributed by atoms with Crippen molar-refractivity contribution < 1.29 is 4.74 Å². The molecule has 2 aromatic heterocycles. The summed E-state index contributed by atoms with van der Waals surface area (Å²) in [6.45, 7) is 1.92. The topological polar surface area (TPSA) is 52.5 Å². The first-order chi connectivity index (χ1) is 10.2. The van der Waals surface area contributed by atoms with E-state index in [9.17, 15) is 0 Å². The summed E-state index contributed by atoms with van der Waals surface area (Å²) in [6.07, 6.45) is 4.05. The van der Waals surface area contributed by atoms with Crippen LogP contribution in [0.25, 0.3) is 5.65 Å². The molecule has 1 aliphatic rings. The number of nitrogens with zero attached hydrogens (tertiary/aromatic N) is 2. The summed E-state index contributed by atoms with van der Waals surface area (Å²) in [5, 5.41) is 0. The van der Waals surface area contributed by atoms with E-state index in [0.717, 1.165) is 29.9 Å². The van der Waals surface area contributed by atoms with Crippen molar-refractivity contribution in [3.8, 4) is 5.75 Å². The van der Waals surface area contributed by atoms with Crippen LogP contribution in [0.2, 0.25) is 0 Å². The molecule has 1 aliphatic heterocycles. The number of nitrogen functional groups attached to an aromatic ring is 1. The number of benzene rings is 1. The average Bonchev–Trinajstić information content (AvgIpc) is 2.83. The molecule has 3 aromatic rings. The molecule has 2 N–H and O–H groups in total. The number of nitrogens with two attached hydrogens (primary N) is 1. The summed E-state index contributed by atoms with van der Waals surface area (Å²) in [7, 11) is 0. The fraction of sp³-hybridized carbons (Fsp3) is 0.235. The van der Waals surface area contributed by atoms with Crippen LogP contribution >= 0.6 is 0 Å². The van der Waals surface area contributed by atoms with Crippen LogP contribution < -0.4 is 10.5 Å². The van der Waals surface area contributed by atoms with Gasteiger partial charge in [-0.25, -0.2) is 4.98 Å². The van der Waals surface area contributed by atoms with Gasteiger partial charge in [-0.05, 0) is 37.0 Å². The van der Waals surface area contributed by atoms with Gasteiger partial charge in [0.05, 0.1) is 5.69 Å². The van der Waals surface area contributed by atoms with E-state index in [2.05, 4.69) is 23.2 Å². The smallest absolute Gasteiger partial charge is 0.181 e. The standard InChI is InChI=1S/C17H17N3O/c1-11-16(18)20-10-9-13-7-8-14(12-5-3-2-4-6-12)21-15(13)17(20)19-11/h2-6,9-10,14H,7-8,18H2,1H3. The molecule has 1 unspecified atom stereocenters. The van der Waals surface area contributed by atoms with Gasteiger partial charge in [0.2, 0.25) is 0 Å². The van der Waals surface area contributed by atoms with Crippen LogP contribution in [0.5, 0.6) is 5.75 Å². The van der Waals surface area contributed by atoms with Gasteiger partial charge < -0.3 is 10.5 Å². The predicted octanol–water partition coefficient (Wildman–Crippen LogP) is 3.29. The van der Waals surface area contributed by atoms with Gasteiger partial charge in [0, 0.05) is 6.20 Å². The minimum atomic E-state index is 0.0862. The molecule has 0 spiro atoms. The average molecular weight is 279 g/mol. The molecule has 0 aliphatic carbocycles. The summed E-state index contributed by atoms with van der Waals surface area (Å²) in [5.74, 6) is 1.55. The van der Waals surface area contributed by atoms with Crippen molar-refractivity contribution in [1.29, 1.82) is 0 Å². The largest absolute Gasteiger partial charge is 0.482 e. The van der Waals surface area contributed by atoms with E-state index in [-0.39, 0.29) is 6.10 Å². The first kappa shape index (κ1) is 12.3. The minimum absolute atomic E-state index is 0.0862. The number of aryl methyl sites for hydroxylation is 2. The van der Waals surface area contributed by atoms with Gasteiger partial charge in [-0.1, -0.05) is 30.3 Å². The molecule has 4 nitrogen and oxygen atoms in total. The third-order valence-corrected chi connectivity index (χ3v) is 4.16. The van der Waals surface area contributed by atoms with Gasteiger partial charge in [0.1, 0.15) is 11.9 Å². The Kier molecular flexibility index (Phi) is 2.64. The zero-order valence-corrected chi connectivity index (χ0v) is 11.9. The highest BCUT2D eigenvalue weighted by Gasteiger charge is 2.24. The van der Waals surface area contributed by atoms with Gasteiger partial charge in [0.25, 0.3) is 0 Å². The minimum Gasteiger partial charge on any atom is -0.482 e. The van der Waals surface area contributed by atoms with E-state index in [0.29, 0.717) is 5.82 Å². The first-order valence-corrected chi connectivity index (χ1v) is 7.21. The van der Waals surface area contributed by atoms with Crippen molar-refractivity contribution in [1.82, 2.24) is 9.38 Å². The molecule has 1 atom stereocenters. The van der Waals surface area contributed by atoms with Gasteiger partial charge in [0.15, 0.2) is 11.4 Å². The number of aromatic nitrogens is 2. The summed E-state index contributed by atoms with van der Waals surface area (Å²) in [5.41, 5.74) is 10.1. The lowest BCUT2D eigenvalue weighted by atomic mass is 9.98. The van der Waals surface area contributed by atoms with Crippen LogP contribution in [-0.2, 0) is 6.42 Å². The maximum Gasteiger partial charge on any atom is 0.181 e. The van der Waals surface area contributed by atoms with E-state index in [1.54, 1.807) is 0 Å². The molecule has 0 bridgehead atoms. The highest BCUT2D eigenvalue weighted by atomic mass is 16.5. The third kappa shape index (κ3) is 1.87. The zero-order chi connectivity index (χ0) is 14.4. The molecule has 0 radical (unpaired) electrons. The number of fused-ring (bicyclic) bond motifs is 3. The first-order valence-electron chi connectivity index (χ1n) is 7.21. The number of hydrogen-bond acceptors (Lipinski definition) is 3. The van der Waals surface area contributed by atoms with Crippen LogP contribution in [0, 0.1) is 6.92 Å². The van der Waals surface area contributed by atoms with Crippen LogP contribution in [0.4, 0.5) is 5.82 Å². The normalized spacial score (nSPS) is 17.5. The second-order valence-electron chi connectivity index (χ2n) is 5.50. The van der Waals surface area contributed by atoms with E-state index < -0.39 is 0 Å². The Morgan fingerprint density at radius 3 is 2.86 bits per heavy atom.